The van der Waals surface area contributed by atoms with Gasteiger partial charge in [0.25, 0.3) is 0 Å². The lowest BCUT2D eigenvalue weighted by Crippen LogP contribution is -2.42. The van der Waals surface area contributed by atoms with E-state index in [2.05, 4.69) is 56.0 Å². The minimum atomic E-state index is -0.496. The number of nitrogens with zero attached hydrogens (tertiary/aromatic N) is 7. The van der Waals surface area contributed by atoms with Gasteiger partial charge in [-0.3, -0.25) is 4.90 Å². The first kappa shape index (κ1) is 30.9. The van der Waals surface area contributed by atoms with Gasteiger partial charge < -0.3 is 10.1 Å². The average molecular weight is 589 g/mol. The third kappa shape index (κ3) is 6.54. The zero-order valence-electron chi connectivity index (χ0n) is 27.4. The van der Waals surface area contributed by atoms with Crippen LogP contribution in [0.2, 0.25) is 0 Å². The number of ether oxygens (including phenoxy) is 1. The number of hydrogen-bond acceptors (Lipinski definition) is 7. The summed E-state index contributed by atoms with van der Waals surface area (Å²) in [6.45, 7) is 19.9. The molecule has 2 aliphatic rings. The topological polar surface area (TPSA) is 102 Å². The van der Waals surface area contributed by atoms with Gasteiger partial charge in [-0.15, -0.1) is 0 Å². The van der Waals surface area contributed by atoms with Gasteiger partial charge in [0.2, 0.25) is 0 Å². The van der Waals surface area contributed by atoms with Crippen LogP contribution in [-0.2, 0) is 4.74 Å². The lowest BCUT2D eigenvalue weighted by atomic mass is 10.00. The molecule has 1 N–H and O–H groups in total. The first-order valence-electron chi connectivity index (χ1n) is 15.7. The Morgan fingerprint density at radius 3 is 1.93 bits per heavy atom. The summed E-state index contributed by atoms with van der Waals surface area (Å²) in [5.74, 6) is 0. The van der Waals surface area contributed by atoms with Crippen LogP contribution in [0.4, 0.5) is 4.79 Å². The highest BCUT2D eigenvalue weighted by atomic mass is 16.6. The summed E-state index contributed by atoms with van der Waals surface area (Å²) in [6, 6.07) is 4.49. The zero-order chi connectivity index (χ0) is 31.1. The van der Waals surface area contributed by atoms with Gasteiger partial charge in [-0.2, -0.15) is 10.2 Å². The smallest absolute Gasteiger partial charge is 0.410 e. The summed E-state index contributed by atoms with van der Waals surface area (Å²) in [7, 11) is 0. The van der Waals surface area contributed by atoms with Crippen molar-refractivity contribution >= 4 is 17.4 Å². The number of fused-ring (bicyclic) bond motifs is 2. The first-order valence-corrected chi connectivity index (χ1v) is 15.7. The highest BCUT2D eigenvalue weighted by Crippen LogP contribution is 2.32. The lowest BCUT2D eigenvalue weighted by Gasteiger charge is -2.35. The van der Waals surface area contributed by atoms with E-state index in [1.54, 1.807) is 0 Å². The number of likely N-dealkylation sites (tertiary alicyclic amines) is 1. The summed E-state index contributed by atoms with van der Waals surface area (Å²) >= 11 is 0. The van der Waals surface area contributed by atoms with Crippen molar-refractivity contribution in [3.8, 4) is 0 Å². The SMILES string of the molecule is Cc1nc2cc([C@@H]3CCCCN3)nn2c(C)c1C.Cc1nc2cc([C@@H]3CCCCN3C(=O)OC(C)(C)C)nn2c(C)c1C. The van der Waals surface area contributed by atoms with Gasteiger partial charge in [0, 0.05) is 41.5 Å². The molecule has 4 aromatic heterocycles. The maximum absolute atomic E-state index is 12.6. The quantitative estimate of drug-likeness (QED) is 0.282. The zero-order valence-corrected chi connectivity index (χ0v) is 27.4. The number of hydrogen-bond donors (Lipinski definition) is 1. The third-order valence-corrected chi connectivity index (χ3v) is 8.93. The summed E-state index contributed by atoms with van der Waals surface area (Å²) in [6.07, 6.45) is 6.48. The van der Waals surface area contributed by atoms with Gasteiger partial charge in [-0.25, -0.2) is 23.8 Å². The molecule has 0 radical (unpaired) electrons. The summed E-state index contributed by atoms with van der Waals surface area (Å²) in [4.78, 5) is 23.7. The van der Waals surface area contributed by atoms with Crippen molar-refractivity contribution in [1.29, 1.82) is 0 Å². The number of aromatic nitrogens is 6. The molecule has 10 nitrogen and oxygen atoms in total. The molecule has 4 aromatic rings. The van der Waals surface area contributed by atoms with Crippen molar-refractivity contribution in [1.82, 2.24) is 39.4 Å². The van der Waals surface area contributed by atoms with Crippen molar-refractivity contribution in [3.05, 3.63) is 57.4 Å². The number of rotatable bonds is 2. The molecular weight excluding hydrogens is 540 g/mol. The van der Waals surface area contributed by atoms with E-state index < -0.39 is 5.60 Å². The predicted octanol–water partition coefficient (Wildman–Crippen LogP) is 6.59. The minimum Gasteiger partial charge on any atom is -0.444 e. The number of amides is 1. The number of aryl methyl sites for hydroxylation is 4. The van der Waals surface area contributed by atoms with Gasteiger partial charge in [-0.05, 0) is 112 Å². The van der Waals surface area contributed by atoms with Gasteiger partial charge in [0.15, 0.2) is 11.3 Å². The fourth-order valence-corrected chi connectivity index (χ4v) is 6.00. The van der Waals surface area contributed by atoms with Crippen LogP contribution in [0.1, 0.15) is 117 Å². The third-order valence-electron chi connectivity index (χ3n) is 8.93. The monoisotopic (exact) mass is 588 g/mol. The van der Waals surface area contributed by atoms with Gasteiger partial charge >= 0.3 is 6.09 Å². The highest BCUT2D eigenvalue weighted by Gasteiger charge is 2.33. The molecule has 2 fully saturated rings. The van der Waals surface area contributed by atoms with Crippen LogP contribution in [0.15, 0.2) is 12.1 Å². The Morgan fingerprint density at radius 1 is 0.814 bits per heavy atom. The Morgan fingerprint density at radius 2 is 1.37 bits per heavy atom. The molecule has 2 aliphatic heterocycles. The second-order valence-electron chi connectivity index (χ2n) is 13.2. The van der Waals surface area contributed by atoms with Crippen LogP contribution in [0, 0.1) is 41.5 Å². The van der Waals surface area contributed by atoms with E-state index in [-0.39, 0.29) is 12.1 Å². The number of nitrogens with one attached hydrogen (secondary N) is 1. The van der Waals surface area contributed by atoms with Crippen LogP contribution in [0.25, 0.3) is 11.3 Å². The van der Waals surface area contributed by atoms with Crippen LogP contribution >= 0.6 is 0 Å². The molecular formula is C33H48N8O2. The summed E-state index contributed by atoms with van der Waals surface area (Å²) < 4.78 is 9.47. The molecule has 1 amide bonds. The van der Waals surface area contributed by atoms with Gasteiger partial charge in [0.1, 0.15) is 5.60 Å². The van der Waals surface area contributed by atoms with E-state index in [0.29, 0.717) is 12.6 Å². The Bertz CT molecular complexity index is 1620. The van der Waals surface area contributed by atoms with Gasteiger partial charge in [0.05, 0.1) is 23.5 Å². The first-order chi connectivity index (χ1) is 20.3. The van der Waals surface area contributed by atoms with Crippen molar-refractivity contribution in [2.45, 2.75) is 119 Å². The van der Waals surface area contributed by atoms with E-state index in [1.807, 2.05) is 47.7 Å². The molecule has 0 aliphatic carbocycles. The number of carbonyl (C=O) groups is 1. The summed E-state index contributed by atoms with van der Waals surface area (Å²) in [5.41, 5.74) is 10.1. The van der Waals surface area contributed by atoms with Crippen molar-refractivity contribution in [3.63, 3.8) is 0 Å². The largest absolute Gasteiger partial charge is 0.444 e. The molecule has 6 rings (SSSR count). The Balaban J connectivity index is 0.000000180. The van der Waals surface area contributed by atoms with E-state index in [4.69, 9.17) is 14.9 Å². The number of carbonyl (C=O) groups excluding carboxylic acids is 1. The molecule has 0 bridgehead atoms. The van der Waals surface area contributed by atoms with Crippen LogP contribution in [0.5, 0.6) is 0 Å². The molecule has 6 heterocycles. The van der Waals surface area contributed by atoms with Crippen LogP contribution in [-0.4, -0.2) is 58.9 Å². The van der Waals surface area contributed by atoms with Gasteiger partial charge in [-0.1, -0.05) is 6.42 Å². The fourth-order valence-electron chi connectivity index (χ4n) is 6.00. The maximum Gasteiger partial charge on any atom is 0.410 e. The molecule has 0 spiro atoms. The van der Waals surface area contributed by atoms with E-state index >= 15 is 0 Å². The number of piperidine rings is 2. The Kier molecular flexibility index (Phi) is 8.79. The lowest BCUT2D eigenvalue weighted by molar-refractivity contribution is 0.00897. The standard InChI is InChI=1S/C19H28N4O2.C14H20N4/c1-12-13(2)20-17-11-15(21-23(17)14(12)3)16-9-7-8-10-22(16)18(24)25-19(4,5)6;1-9-10(2)16-14-8-13(17-18(14)11(9)3)12-6-4-5-7-15-12/h11,16H,7-10H2,1-6H3;8,12,15H,4-7H2,1-3H3/t16-;12-/m00/s1. The minimum absolute atomic E-state index is 0.0506. The molecule has 0 saturated carbocycles. The maximum atomic E-state index is 12.6. The fraction of sp³-hybridized carbons (Fsp3) is 0.606. The molecule has 2 atom stereocenters. The highest BCUT2D eigenvalue weighted by molar-refractivity contribution is 5.69. The second-order valence-corrected chi connectivity index (χ2v) is 13.2. The predicted molar refractivity (Wildman–Crippen MR) is 169 cm³/mol. The van der Waals surface area contributed by atoms with E-state index in [1.165, 1.54) is 30.5 Å². The summed E-state index contributed by atoms with van der Waals surface area (Å²) in [5, 5.41) is 13.0. The normalized spacial score (nSPS) is 19.4. The second kappa shape index (κ2) is 12.2. The van der Waals surface area contributed by atoms with Crippen molar-refractivity contribution < 1.29 is 9.53 Å². The Hall–Kier alpha value is -3.53. The van der Waals surface area contributed by atoms with Crippen molar-refractivity contribution in [2.75, 3.05) is 13.1 Å². The molecule has 0 aromatic carbocycles. The van der Waals surface area contributed by atoms with Crippen LogP contribution in [0.3, 0.4) is 0 Å². The molecule has 10 heteroatoms. The van der Waals surface area contributed by atoms with Crippen LogP contribution < -0.4 is 5.32 Å². The van der Waals surface area contributed by atoms with Crippen molar-refractivity contribution in [2.24, 2.45) is 0 Å². The Labute approximate surface area is 255 Å². The molecule has 2 saturated heterocycles. The average Bonchev–Trinajstić information content (AvgIpc) is 3.60. The molecule has 43 heavy (non-hydrogen) atoms. The molecule has 232 valence electrons. The van der Waals surface area contributed by atoms with E-state index in [9.17, 15) is 4.79 Å². The molecule has 0 unspecified atom stereocenters. The van der Waals surface area contributed by atoms with E-state index in [0.717, 1.165) is 71.1 Å².